The maximum atomic E-state index is 13.5. The van der Waals surface area contributed by atoms with E-state index in [-0.39, 0.29) is 18.1 Å². The number of aromatic nitrogens is 5. The fraction of sp³-hybridized carbons (Fsp3) is 0.136. The van der Waals surface area contributed by atoms with Crippen LogP contribution in [0.15, 0.2) is 75.4 Å². The van der Waals surface area contributed by atoms with Crippen molar-refractivity contribution in [3.05, 3.63) is 104 Å². The Labute approximate surface area is 191 Å². The molecule has 0 saturated carbocycles. The molecule has 2 aromatic carbocycles. The molecule has 168 valence electrons. The van der Waals surface area contributed by atoms with E-state index in [0.29, 0.717) is 28.9 Å². The van der Waals surface area contributed by atoms with Crippen LogP contribution in [-0.2, 0) is 17.8 Å². The van der Waals surface area contributed by atoms with Crippen LogP contribution < -0.4 is 16.6 Å². The Kier molecular flexibility index (Phi) is 6.79. The molecule has 4 aromatic rings. The summed E-state index contributed by atoms with van der Waals surface area (Å²) in [5.74, 6) is -0.0802. The second kappa shape index (κ2) is 10.1. The van der Waals surface area contributed by atoms with E-state index in [9.17, 15) is 18.8 Å². The second-order valence-electron chi connectivity index (χ2n) is 7.05. The highest BCUT2D eigenvalue weighted by Gasteiger charge is 2.17. The first-order valence-electron chi connectivity index (χ1n) is 9.94. The number of amides is 1. The van der Waals surface area contributed by atoms with Crippen LogP contribution >= 0.6 is 11.8 Å². The number of hydrogen-bond acceptors (Lipinski definition) is 6. The quantitative estimate of drug-likeness (QED) is 0.340. The molecule has 0 radical (unpaired) electrons. The van der Waals surface area contributed by atoms with E-state index in [1.807, 2.05) is 30.3 Å². The van der Waals surface area contributed by atoms with Crippen molar-refractivity contribution in [2.45, 2.75) is 18.1 Å². The normalized spacial score (nSPS) is 10.8. The predicted molar refractivity (Wildman–Crippen MR) is 121 cm³/mol. The summed E-state index contributed by atoms with van der Waals surface area (Å²) in [5, 5.41) is 11.6. The van der Waals surface area contributed by atoms with Crippen molar-refractivity contribution in [3.8, 4) is 5.69 Å². The SMILES string of the molecule is O=C(CSc1nnc(Cc2cc(=O)[nH]c(=O)[nH]2)n1-c1ccc(F)cc1)NCc1ccccc1. The third-order valence-corrected chi connectivity index (χ3v) is 5.54. The maximum Gasteiger partial charge on any atom is 0.325 e. The number of nitrogens with one attached hydrogen (secondary N) is 3. The molecule has 2 heterocycles. The van der Waals surface area contributed by atoms with Crippen molar-refractivity contribution in [2.75, 3.05) is 5.75 Å². The first-order chi connectivity index (χ1) is 16.0. The molecule has 2 aromatic heterocycles. The van der Waals surface area contributed by atoms with Gasteiger partial charge in [-0.3, -0.25) is 19.1 Å². The molecule has 1 amide bonds. The van der Waals surface area contributed by atoms with Crippen molar-refractivity contribution in [1.82, 2.24) is 30.0 Å². The van der Waals surface area contributed by atoms with Gasteiger partial charge in [-0.15, -0.1) is 10.2 Å². The van der Waals surface area contributed by atoms with Gasteiger partial charge in [-0.05, 0) is 29.8 Å². The minimum absolute atomic E-state index is 0.0913. The molecule has 0 aliphatic carbocycles. The highest BCUT2D eigenvalue weighted by molar-refractivity contribution is 7.99. The van der Waals surface area contributed by atoms with E-state index in [2.05, 4.69) is 25.5 Å². The Morgan fingerprint density at radius 1 is 1.03 bits per heavy atom. The molecule has 0 spiro atoms. The Hall–Kier alpha value is -3.99. The fourth-order valence-electron chi connectivity index (χ4n) is 3.12. The molecule has 0 aliphatic heterocycles. The number of thioether (sulfide) groups is 1. The molecule has 33 heavy (non-hydrogen) atoms. The van der Waals surface area contributed by atoms with Crippen LogP contribution in [0, 0.1) is 5.82 Å². The molecule has 0 aliphatic rings. The lowest BCUT2D eigenvalue weighted by Gasteiger charge is -2.10. The monoisotopic (exact) mass is 466 g/mol. The largest absolute Gasteiger partial charge is 0.351 e. The number of benzene rings is 2. The van der Waals surface area contributed by atoms with Crippen LogP contribution in [0.1, 0.15) is 17.1 Å². The van der Waals surface area contributed by atoms with Gasteiger partial charge in [0.25, 0.3) is 5.56 Å². The van der Waals surface area contributed by atoms with Crippen LogP contribution in [0.2, 0.25) is 0 Å². The van der Waals surface area contributed by atoms with Gasteiger partial charge in [0.05, 0.1) is 5.75 Å². The summed E-state index contributed by atoms with van der Waals surface area (Å²) in [5.41, 5.74) is 0.744. The molecule has 3 N–H and O–H groups in total. The molecule has 0 unspecified atom stereocenters. The topological polar surface area (TPSA) is 126 Å². The second-order valence-corrected chi connectivity index (χ2v) is 7.99. The van der Waals surface area contributed by atoms with Crippen LogP contribution in [0.4, 0.5) is 4.39 Å². The van der Waals surface area contributed by atoms with Gasteiger partial charge in [0, 0.05) is 30.4 Å². The molecule has 0 fully saturated rings. The van der Waals surface area contributed by atoms with Gasteiger partial charge in [0.1, 0.15) is 11.6 Å². The number of rotatable bonds is 8. The van der Waals surface area contributed by atoms with Gasteiger partial charge in [0.15, 0.2) is 5.16 Å². The van der Waals surface area contributed by atoms with Gasteiger partial charge < -0.3 is 10.3 Å². The third-order valence-electron chi connectivity index (χ3n) is 4.61. The van der Waals surface area contributed by atoms with E-state index in [1.165, 1.54) is 30.0 Å². The van der Waals surface area contributed by atoms with E-state index < -0.39 is 17.1 Å². The van der Waals surface area contributed by atoms with Crippen LogP contribution in [0.5, 0.6) is 0 Å². The number of hydrogen-bond donors (Lipinski definition) is 3. The van der Waals surface area contributed by atoms with E-state index in [1.54, 1.807) is 16.7 Å². The Balaban J connectivity index is 1.54. The average Bonchev–Trinajstić information content (AvgIpc) is 3.19. The van der Waals surface area contributed by atoms with Crippen molar-refractivity contribution >= 4 is 17.7 Å². The lowest BCUT2D eigenvalue weighted by atomic mass is 10.2. The van der Waals surface area contributed by atoms with E-state index in [4.69, 9.17) is 0 Å². The van der Waals surface area contributed by atoms with Gasteiger partial charge >= 0.3 is 5.69 Å². The highest BCUT2D eigenvalue weighted by Crippen LogP contribution is 2.23. The number of halogens is 1. The Bertz CT molecular complexity index is 1340. The number of carbonyl (C=O) groups is 1. The summed E-state index contributed by atoms with van der Waals surface area (Å²) in [6, 6.07) is 16.5. The molecular formula is C22H19FN6O3S. The van der Waals surface area contributed by atoms with Gasteiger partial charge in [-0.1, -0.05) is 42.1 Å². The molecule has 9 nitrogen and oxygen atoms in total. The number of nitrogens with zero attached hydrogens (tertiary/aromatic N) is 3. The average molecular weight is 466 g/mol. The lowest BCUT2D eigenvalue weighted by molar-refractivity contribution is -0.118. The Morgan fingerprint density at radius 2 is 1.79 bits per heavy atom. The van der Waals surface area contributed by atoms with Gasteiger partial charge in [0.2, 0.25) is 5.91 Å². The van der Waals surface area contributed by atoms with Crippen molar-refractivity contribution < 1.29 is 9.18 Å². The van der Waals surface area contributed by atoms with Crippen LogP contribution in [0.25, 0.3) is 5.69 Å². The van der Waals surface area contributed by atoms with Crippen molar-refractivity contribution in [2.24, 2.45) is 0 Å². The minimum Gasteiger partial charge on any atom is -0.351 e. The smallest absolute Gasteiger partial charge is 0.325 e. The van der Waals surface area contributed by atoms with Gasteiger partial charge in [-0.25, -0.2) is 9.18 Å². The highest BCUT2D eigenvalue weighted by atomic mass is 32.2. The van der Waals surface area contributed by atoms with E-state index >= 15 is 0 Å². The molecule has 11 heteroatoms. The zero-order valence-corrected chi connectivity index (χ0v) is 18.1. The summed E-state index contributed by atoms with van der Waals surface area (Å²) >= 11 is 1.17. The predicted octanol–water partition coefficient (Wildman–Crippen LogP) is 1.78. The zero-order valence-electron chi connectivity index (χ0n) is 17.2. The van der Waals surface area contributed by atoms with Crippen molar-refractivity contribution in [1.29, 1.82) is 0 Å². The molecule has 0 atom stereocenters. The molecule has 0 bridgehead atoms. The van der Waals surface area contributed by atoms with Crippen LogP contribution in [0.3, 0.4) is 0 Å². The summed E-state index contributed by atoms with van der Waals surface area (Å²) in [7, 11) is 0. The number of carbonyl (C=O) groups excluding carboxylic acids is 1. The maximum absolute atomic E-state index is 13.5. The lowest BCUT2D eigenvalue weighted by Crippen LogP contribution is -2.24. The standard InChI is InChI=1S/C22H19FN6O3S/c23-15-6-8-17(9-7-15)29-18(10-16-11-19(30)26-21(32)25-16)27-28-22(29)33-13-20(31)24-12-14-4-2-1-3-5-14/h1-9,11H,10,12-13H2,(H,24,31)(H2,25,26,30,32). The zero-order chi connectivity index (χ0) is 23.2. The molecule has 0 saturated heterocycles. The fourth-order valence-corrected chi connectivity index (χ4v) is 3.92. The molecule has 4 rings (SSSR count). The summed E-state index contributed by atoms with van der Waals surface area (Å²) in [6.07, 6.45) is 0.101. The third kappa shape index (κ3) is 5.83. The first kappa shape index (κ1) is 22.2. The number of aromatic amines is 2. The summed E-state index contributed by atoms with van der Waals surface area (Å²) in [6.45, 7) is 0.409. The van der Waals surface area contributed by atoms with Gasteiger partial charge in [-0.2, -0.15) is 0 Å². The Morgan fingerprint density at radius 3 is 2.52 bits per heavy atom. The van der Waals surface area contributed by atoms with Crippen LogP contribution in [-0.4, -0.2) is 36.4 Å². The summed E-state index contributed by atoms with van der Waals surface area (Å²) < 4.78 is 15.1. The summed E-state index contributed by atoms with van der Waals surface area (Å²) in [4.78, 5) is 40.2. The minimum atomic E-state index is -0.630. The van der Waals surface area contributed by atoms with Crippen molar-refractivity contribution in [3.63, 3.8) is 0 Å². The number of H-pyrrole nitrogens is 2. The van der Waals surface area contributed by atoms with E-state index in [0.717, 1.165) is 5.56 Å². The first-order valence-corrected chi connectivity index (χ1v) is 10.9. The molecular weight excluding hydrogens is 447 g/mol.